The van der Waals surface area contributed by atoms with Crippen LogP contribution < -0.4 is 5.73 Å². The highest BCUT2D eigenvalue weighted by atomic mass is 32.1. The molecule has 4 heteroatoms. The molecule has 0 bridgehead atoms. The summed E-state index contributed by atoms with van der Waals surface area (Å²) >= 11 is 5.02. The van der Waals surface area contributed by atoms with E-state index < -0.39 is 0 Å². The quantitative estimate of drug-likeness (QED) is 0.788. The van der Waals surface area contributed by atoms with E-state index in [0.29, 0.717) is 11.0 Å². The Balaban J connectivity index is 2.84. The van der Waals surface area contributed by atoms with Crippen LogP contribution in [0, 0.1) is 0 Å². The molecule has 0 unspecified atom stereocenters. The van der Waals surface area contributed by atoms with Gasteiger partial charge in [0.2, 0.25) is 0 Å². The van der Waals surface area contributed by atoms with Gasteiger partial charge in [-0.3, -0.25) is 9.88 Å². The van der Waals surface area contributed by atoms with Gasteiger partial charge in [-0.2, -0.15) is 0 Å². The average Bonchev–Trinajstić information content (AvgIpc) is 2.31. The molecule has 3 nitrogen and oxygen atoms in total. The molecule has 1 heterocycles. The third-order valence-electron chi connectivity index (χ3n) is 3.11. The lowest BCUT2D eigenvalue weighted by molar-refractivity contribution is 0.221. The molecule has 17 heavy (non-hydrogen) atoms. The highest BCUT2D eigenvalue weighted by Crippen LogP contribution is 2.13. The molecule has 0 aromatic carbocycles. The summed E-state index contributed by atoms with van der Waals surface area (Å²) in [6.07, 6.45) is 4.03. The molecule has 94 valence electrons. The van der Waals surface area contributed by atoms with Crippen molar-refractivity contribution in [2.24, 2.45) is 5.73 Å². The number of rotatable bonds is 6. The molecule has 0 spiro atoms. The van der Waals surface area contributed by atoms with Crippen molar-refractivity contribution < 1.29 is 0 Å². The standard InChI is InChI=1S/C13H21N3S/c1-4-11(5-2)16(3)9-10-7-6-8-15-12(10)13(14)17/h6-8,11H,4-5,9H2,1-3H3,(H2,14,17). The Kier molecular flexibility index (Phi) is 5.51. The number of pyridine rings is 1. The smallest absolute Gasteiger partial charge is 0.123 e. The SMILES string of the molecule is CCC(CC)N(C)Cc1cccnc1C(N)=S. The molecule has 0 amide bonds. The van der Waals surface area contributed by atoms with Gasteiger partial charge in [0.15, 0.2) is 0 Å². The first-order valence-electron chi connectivity index (χ1n) is 6.04. The Labute approximate surface area is 109 Å². The van der Waals surface area contributed by atoms with Gasteiger partial charge in [0.25, 0.3) is 0 Å². The fraction of sp³-hybridized carbons (Fsp3) is 0.538. The first-order chi connectivity index (χ1) is 8.10. The van der Waals surface area contributed by atoms with E-state index >= 15 is 0 Å². The third-order valence-corrected chi connectivity index (χ3v) is 3.30. The molecule has 2 N–H and O–H groups in total. The number of aromatic nitrogens is 1. The lowest BCUT2D eigenvalue weighted by Gasteiger charge is -2.26. The lowest BCUT2D eigenvalue weighted by Crippen LogP contribution is -2.31. The van der Waals surface area contributed by atoms with Crippen LogP contribution in [-0.4, -0.2) is 28.0 Å². The molecule has 1 rings (SSSR count). The second-order valence-corrected chi connectivity index (χ2v) is 4.70. The molecular formula is C13H21N3S. The number of hydrogen-bond acceptors (Lipinski definition) is 3. The van der Waals surface area contributed by atoms with Crippen molar-refractivity contribution in [2.75, 3.05) is 7.05 Å². The van der Waals surface area contributed by atoms with Gasteiger partial charge in [-0.25, -0.2) is 0 Å². The maximum absolute atomic E-state index is 5.68. The number of nitrogens with two attached hydrogens (primary N) is 1. The number of nitrogens with zero attached hydrogens (tertiary/aromatic N) is 2. The second kappa shape index (κ2) is 6.67. The number of hydrogen-bond donors (Lipinski definition) is 1. The van der Waals surface area contributed by atoms with Gasteiger partial charge in [-0.15, -0.1) is 0 Å². The van der Waals surface area contributed by atoms with Crippen molar-refractivity contribution in [1.82, 2.24) is 9.88 Å². The fourth-order valence-electron chi connectivity index (χ4n) is 2.10. The molecule has 1 aromatic rings. The zero-order valence-electron chi connectivity index (χ0n) is 10.8. The summed E-state index contributed by atoms with van der Waals surface area (Å²) < 4.78 is 0. The molecule has 1 aromatic heterocycles. The highest BCUT2D eigenvalue weighted by Gasteiger charge is 2.13. The third kappa shape index (κ3) is 3.75. The zero-order valence-corrected chi connectivity index (χ0v) is 11.6. The highest BCUT2D eigenvalue weighted by molar-refractivity contribution is 7.80. The maximum Gasteiger partial charge on any atom is 0.123 e. The van der Waals surface area contributed by atoms with Crippen molar-refractivity contribution in [3.8, 4) is 0 Å². The molecule has 0 aliphatic rings. The summed E-state index contributed by atoms with van der Waals surface area (Å²) in [7, 11) is 2.13. The predicted octanol–water partition coefficient (Wildman–Crippen LogP) is 2.34. The first kappa shape index (κ1) is 14.1. The van der Waals surface area contributed by atoms with Crippen LogP contribution in [-0.2, 0) is 6.54 Å². The van der Waals surface area contributed by atoms with Crippen molar-refractivity contribution >= 4 is 17.2 Å². The number of thiocarbonyl (C=S) groups is 1. The minimum Gasteiger partial charge on any atom is -0.388 e. The predicted molar refractivity (Wildman–Crippen MR) is 76.0 cm³/mol. The summed E-state index contributed by atoms with van der Waals surface area (Å²) in [6.45, 7) is 5.26. The summed E-state index contributed by atoms with van der Waals surface area (Å²) in [6, 6.07) is 4.56. The van der Waals surface area contributed by atoms with Gasteiger partial charge in [0.05, 0.1) is 0 Å². The van der Waals surface area contributed by atoms with Gasteiger partial charge in [0, 0.05) is 18.8 Å². The zero-order chi connectivity index (χ0) is 12.8. The van der Waals surface area contributed by atoms with Crippen LogP contribution in [0.1, 0.15) is 37.9 Å². The minimum atomic E-state index is 0.374. The van der Waals surface area contributed by atoms with Crippen LogP contribution in [0.15, 0.2) is 18.3 Å². The van der Waals surface area contributed by atoms with Crippen LogP contribution >= 0.6 is 12.2 Å². The van der Waals surface area contributed by atoms with Gasteiger partial charge >= 0.3 is 0 Å². The molecule has 0 aliphatic carbocycles. The van der Waals surface area contributed by atoms with Gasteiger partial charge < -0.3 is 5.73 Å². The molecule has 0 radical (unpaired) electrons. The van der Waals surface area contributed by atoms with Crippen LogP contribution in [0.3, 0.4) is 0 Å². The Morgan fingerprint density at radius 1 is 1.47 bits per heavy atom. The minimum absolute atomic E-state index is 0.374. The summed E-state index contributed by atoms with van der Waals surface area (Å²) in [5.41, 5.74) is 7.54. The second-order valence-electron chi connectivity index (χ2n) is 4.26. The van der Waals surface area contributed by atoms with E-state index in [-0.39, 0.29) is 0 Å². The van der Waals surface area contributed by atoms with E-state index in [4.69, 9.17) is 18.0 Å². The lowest BCUT2D eigenvalue weighted by atomic mass is 10.1. The van der Waals surface area contributed by atoms with E-state index in [0.717, 1.165) is 30.6 Å². The molecule has 0 saturated carbocycles. The van der Waals surface area contributed by atoms with E-state index in [9.17, 15) is 0 Å². The van der Waals surface area contributed by atoms with E-state index in [1.807, 2.05) is 12.1 Å². The molecule has 0 atom stereocenters. The van der Waals surface area contributed by atoms with E-state index in [1.54, 1.807) is 6.20 Å². The summed E-state index contributed by atoms with van der Waals surface area (Å²) in [4.78, 5) is 6.96. The van der Waals surface area contributed by atoms with E-state index in [1.165, 1.54) is 0 Å². The van der Waals surface area contributed by atoms with Crippen molar-refractivity contribution in [1.29, 1.82) is 0 Å². The summed E-state index contributed by atoms with van der Waals surface area (Å²) in [5.74, 6) is 0. The van der Waals surface area contributed by atoms with Crippen molar-refractivity contribution in [2.45, 2.75) is 39.3 Å². The largest absolute Gasteiger partial charge is 0.388 e. The fourth-order valence-corrected chi connectivity index (χ4v) is 2.28. The van der Waals surface area contributed by atoms with Crippen LogP contribution in [0.2, 0.25) is 0 Å². The monoisotopic (exact) mass is 251 g/mol. The van der Waals surface area contributed by atoms with Crippen LogP contribution in [0.4, 0.5) is 0 Å². The van der Waals surface area contributed by atoms with Gasteiger partial charge in [0.1, 0.15) is 10.7 Å². The Morgan fingerprint density at radius 2 is 2.12 bits per heavy atom. The molecular weight excluding hydrogens is 230 g/mol. The average molecular weight is 251 g/mol. The van der Waals surface area contributed by atoms with Crippen molar-refractivity contribution in [3.05, 3.63) is 29.6 Å². The van der Waals surface area contributed by atoms with Gasteiger partial charge in [-0.1, -0.05) is 32.1 Å². The molecule has 0 fully saturated rings. The molecule has 0 aliphatic heterocycles. The molecule has 0 saturated heterocycles. The Bertz CT molecular complexity index is 375. The van der Waals surface area contributed by atoms with Crippen molar-refractivity contribution in [3.63, 3.8) is 0 Å². The topological polar surface area (TPSA) is 42.2 Å². The van der Waals surface area contributed by atoms with Gasteiger partial charge in [-0.05, 0) is 31.5 Å². The van der Waals surface area contributed by atoms with Crippen LogP contribution in [0.5, 0.6) is 0 Å². The van der Waals surface area contributed by atoms with Crippen LogP contribution in [0.25, 0.3) is 0 Å². The maximum atomic E-state index is 5.68. The summed E-state index contributed by atoms with van der Waals surface area (Å²) in [5, 5.41) is 0. The Hall–Kier alpha value is -1.00. The first-order valence-corrected chi connectivity index (χ1v) is 6.44. The Morgan fingerprint density at radius 3 is 2.65 bits per heavy atom. The van der Waals surface area contributed by atoms with E-state index in [2.05, 4.69) is 30.8 Å². The normalized spacial score (nSPS) is 11.1.